The van der Waals surface area contributed by atoms with Crippen molar-refractivity contribution in [2.24, 2.45) is 0 Å². The summed E-state index contributed by atoms with van der Waals surface area (Å²) in [5, 5.41) is 0. The van der Waals surface area contributed by atoms with Gasteiger partial charge in [0.1, 0.15) is 28.3 Å². The molecular formula is C26H19F3N2O2S. The van der Waals surface area contributed by atoms with E-state index in [1.54, 1.807) is 19.2 Å². The third-order valence-electron chi connectivity index (χ3n) is 6.45. The third-order valence-corrected chi connectivity index (χ3v) is 7.57. The summed E-state index contributed by atoms with van der Waals surface area (Å²) in [4.78, 5) is 6.92. The molecule has 0 N–H and O–H groups in total. The van der Waals surface area contributed by atoms with Gasteiger partial charge < -0.3 is 14.4 Å². The first-order chi connectivity index (χ1) is 16.4. The molecule has 0 saturated carbocycles. The van der Waals surface area contributed by atoms with Crippen molar-refractivity contribution >= 4 is 22.7 Å². The zero-order valence-electron chi connectivity index (χ0n) is 18.1. The number of anilines is 2. The number of alkyl halides is 3. The van der Waals surface area contributed by atoms with Gasteiger partial charge in [0.15, 0.2) is 0 Å². The van der Waals surface area contributed by atoms with Crippen LogP contribution in [0.1, 0.15) is 26.6 Å². The van der Waals surface area contributed by atoms with Gasteiger partial charge in [-0.25, -0.2) is 4.98 Å². The van der Waals surface area contributed by atoms with Gasteiger partial charge in [0.2, 0.25) is 5.88 Å². The zero-order valence-corrected chi connectivity index (χ0v) is 18.9. The maximum Gasteiger partial charge on any atom is 0.425 e. The molecule has 0 saturated heterocycles. The van der Waals surface area contributed by atoms with Gasteiger partial charge in [-0.2, -0.15) is 13.2 Å². The van der Waals surface area contributed by atoms with E-state index in [4.69, 9.17) is 14.5 Å². The predicted molar refractivity (Wildman–Crippen MR) is 124 cm³/mol. The van der Waals surface area contributed by atoms with Gasteiger partial charge in [0.05, 0.1) is 13.7 Å². The summed E-state index contributed by atoms with van der Waals surface area (Å²) in [6.07, 6.45) is -4.35. The van der Waals surface area contributed by atoms with Crippen LogP contribution in [-0.2, 0) is 18.1 Å². The molecule has 2 aromatic heterocycles. The maximum absolute atomic E-state index is 13.2. The highest BCUT2D eigenvalue weighted by molar-refractivity contribution is 7.12. The Balaban J connectivity index is 1.54. The highest BCUT2D eigenvalue weighted by Crippen LogP contribution is 2.56. The summed E-state index contributed by atoms with van der Waals surface area (Å²) in [6.45, 7) is 0.700. The molecule has 4 aromatic rings. The summed E-state index contributed by atoms with van der Waals surface area (Å²) in [6, 6.07) is 22.3. The number of halogens is 3. The van der Waals surface area contributed by atoms with Gasteiger partial charge in [-0.15, -0.1) is 11.3 Å². The molecule has 0 aliphatic carbocycles. The molecule has 1 spiro atoms. The Labute approximate surface area is 198 Å². The van der Waals surface area contributed by atoms with Crippen LogP contribution in [0.15, 0.2) is 72.8 Å². The maximum atomic E-state index is 13.2. The smallest absolute Gasteiger partial charge is 0.425 e. The summed E-state index contributed by atoms with van der Waals surface area (Å²) in [5.41, 5.74) is 3.97. The molecule has 0 atom stereocenters. The Morgan fingerprint density at radius 2 is 1.65 bits per heavy atom. The summed E-state index contributed by atoms with van der Waals surface area (Å²) in [7, 11) is 1.58. The molecule has 2 aromatic carbocycles. The first kappa shape index (κ1) is 21.0. The lowest BCUT2D eigenvalue weighted by atomic mass is 9.69. The van der Waals surface area contributed by atoms with Gasteiger partial charge in [0, 0.05) is 22.3 Å². The number of para-hydroxylation sites is 2. The quantitative estimate of drug-likeness (QED) is 0.333. The van der Waals surface area contributed by atoms with Gasteiger partial charge in [-0.05, 0) is 41.5 Å². The van der Waals surface area contributed by atoms with E-state index in [2.05, 4.69) is 4.90 Å². The van der Waals surface area contributed by atoms with Crippen molar-refractivity contribution in [1.29, 1.82) is 0 Å². The number of hydrogen-bond donors (Lipinski definition) is 0. The summed E-state index contributed by atoms with van der Waals surface area (Å²) < 4.78 is 51.2. The second-order valence-electron chi connectivity index (χ2n) is 8.28. The highest BCUT2D eigenvalue weighted by Gasteiger charge is 2.51. The standard InChI is InChI=1S/C26H19F3N2O2S/c1-32-23-13-11-21-24(30-23)25(15-33-21)17-6-2-4-8-19(17)31(20-9-5-3-7-18(20)25)14-16-10-12-22(34-16)26(27,28)29/h2-13H,14-15H2,1H3. The first-order valence-corrected chi connectivity index (χ1v) is 11.5. The molecule has 4 nitrogen and oxygen atoms in total. The van der Waals surface area contributed by atoms with Crippen LogP contribution in [0.2, 0.25) is 0 Å². The van der Waals surface area contributed by atoms with Crippen LogP contribution in [0, 0.1) is 0 Å². The Kier molecular flexibility index (Phi) is 4.64. The van der Waals surface area contributed by atoms with Crippen LogP contribution in [0.4, 0.5) is 24.5 Å². The van der Waals surface area contributed by atoms with Gasteiger partial charge in [-0.3, -0.25) is 0 Å². The number of hydrogen-bond acceptors (Lipinski definition) is 5. The minimum Gasteiger partial charge on any atom is -0.490 e. The minimum absolute atomic E-state index is 0.324. The average molecular weight is 481 g/mol. The fraction of sp³-hybridized carbons (Fsp3) is 0.192. The molecule has 8 heteroatoms. The fourth-order valence-electron chi connectivity index (χ4n) is 4.99. The van der Waals surface area contributed by atoms with Crippen molar-refractivity contribution in [2.45, 2.75) is 18.1 Å². The second-order valence-corrected chi connectivity index (χ2v) is 9.45. The van der Waals surface area contributed by atoms with E-state index in [1.165, 1.54) is 0 Å². The molecule has 2 aliphatic heterocycles. The lowest BCUT2D eigenvalue weighted by Gasteiger charge is -2.42. The lowest BCUT2D eigenvalue weighted by molar-refractivity contribution is -0.134. The van der Waals surface area contributed by atoms with Crippen LogP contribution in [0.5, 0.6) is 11.6 Å². The fourth-order valence-corrected chi connectivity index (χ4v) is 5.85. The van der Waals surface area contributed by atoms with Crippen LogP contribution in [0.3, 0.4) is 0 Å². The zero-order chi connectivity index (χ0) is 23.5. The summed E-state index contributed by atoms with van der Waals surface area (Å²) in [5.74, 6) is 1.20. The Hall–Kier alpha value is -3.52. The molecular weight excluding hydrogens is 461 g/mol. The Morgan fingerprint density at radius 3 is 2.26 bits per heavy atom. The number of rotatable bonds is 3. The monoisotopic (exact) mass is 480 g/mol. The van der Waals surface area contributed by atoms with Crippen LogP contribution in [0.25, 0.3) is 0 Å². The molecule has 2 aliphatic rings. The molecule has 0 bridgehead atoms. The Bertz CT molecular complexity index is 1350. The number of pyridine rings is 1. The first-order valence-electron chi connectivity index (χ1n) is 10.7. The van der Waals surface area contributed by atoms with Crippen molar-refractivity contribution in [2.75, 3.05) is 18.6 Å². The number of ether oxygens (including phenoxy) is 2. The van der Waals surface area contributed by atoms with Crippen molar-refractivity contribution in [1.82, 2.24) is 4.98 Å². The van der Waals surface area contributed by atoms with Crippen molar-refractivity contribution in [3.63, 3.8) is 0 Å². The van der Waals surface area contributed by atoms with Crippen LogP contribution < -0.4 is 14.4 Å². The molecule has 34 heavy (non-hydrogen) atoms. The molecule has 6 rings (SSSR count). The van der Waals surface area contributed by atoms with E-state index in [9.17, 15) is 13.2 Å². The SMILES string of the molecule is COc1ccc2c(n1)C1(CO2)c2ccccc2N(Cc2ccc(C(F)(F)F)s2)c2ccccc21. The van der Waals surface area contributed by atoms with Crippen molar-refractivity contribution in [3.05, 3.63) is 99.4 Å². The highest BCUT2D eigenvalue weighted by atomic mass is 32.1. The number of thiophene rings is 1. The lowest BCUT2D eigenvalue weighted by Crippen LogP contribution is -2.39. The largest absolute Gasteiger partial charge is 0.490 e. The Morgan fingerprint density at radius 1 is 0.971 bits per heavy atom. The van der Waals surface area contributed by atoms with E-state index in [1.807, 2.05) is 54.6 Å². The number of fused-ring (bicyclic) bond motifs is 6. The molecule has 0 unspecified atom stereocenters. The molecule has 0 radical (unpaired) electrons. The van der Waals surface area contributed by atoms with Crippen molar-refractivity contribution < 1.29 is 22.6 Å². The topological polar surface area (TPSA) is 34.6 Å². The van der Waals surface area contributed by atoms with E-state index < -0.39 is 16.5 Å². The normalized spacial score (nSPS) is 15.5. The minimum atomic E-state index is -4.35. The predicted octanol–water partition coefficient (Wildman–Crippen LogP) is 6.55. The van der Waals surface area contributed by atoms with Gasteiger partial charge in [-0.1, -0.05) is 36.4 Å². The van der Waals surface area contributed by atoms with Crippen LogP contribution >= 0.6 is 11.3 Å². The number of aromatic nitrogens is 1. The third kappa shape index (κ3) is 3.01. The van der Waals surface area contributed by atoms with Crippen molar-refractivity contribution in [3.8, 4) is 11.6 Å². The number of methoxy groups -OCH3 is 1. The van der Waals surface area contributed by atoms with Gasteiger partial charge in [0.25, 0.3) is 0 Å². The molecule has 172 valence electrons. The molecule has 0 fully saturated rings. The van der Waals surface area contributed by atoms with Gasteiger partial charge >= 0.3 is 6.18 Å². The second kappa shape index (κ2) is 7.50. The van der Waals surface area contributed by atoms with E-state index >= 15 is 0 Å². The van der Waals surface area contributed by atoms with Crippen LogP contribution in [-0.4, -0.2) is 18.7 Å². The molecule has 4 heterocycles. The van der Waals surface area contributed by atoms with E-state index in [-0.39, 0.29) is 0 Å². The number of benzene rings is 2. The molecule has 0 amide bonds. The summed E-state index contributed by atoms with van der Waals surface area (Å²) >= 11 is 0.780. The van der Waals surface area contributed by atoms with E-state index in [0.717, 1.165) is 45.6 Å². The van der Waals surface area contributed by atoms with E-state index in [0.29, 0.717) is 29.7 Å². The average Bonchev–Trinajstić information content (AvgIpc) is 3.47. The number of nitrogens with zero attached hydrogens (tertiary/aromatic N) is 2.